The zero-order valence-electron chi connectivity index (χ0n) is 11.8. The lowest BCUT2D eigenvalue weighted by Crippen LogP contribution is -2.22. The molecule has 3 N–H and O–H groups in total. The first-order valence-corrected chi connectivity index (χ1v) is 6.96. The number of aliphatic imine (C=N–C) groups is 1. The summed E-state index contributed by atoms with van der Waals surface area (Å²) in [5.41, 5.74) is 9.06. The van der Waals surface area contributed by atoms with Crippen molar-refractivity contribution in [3.05, 3.63) is 64.7 Å². The quantitative estimate of drug-likeness (QED) is 0.440. The van der Waals surface area contributed by atoms with Crippen LogP contribution in [0.25, 0.3) is 0 Å². The number of nitrogens with zero attached hydrogens (tertiary/aromatic N) is 1. The number of aryl methyl sites for hydroxylation is 1. The summed E-state index contributed by atoms with van der Waals surface area (Å²) in [6.45, 7) is 2.59. The molecule has 0 bridgehead atoms. The summed E-state index contributed by atoms with van der Waals surface area (Å²) < 4.78 is 0. The van der Waals surface area contributed by atoms with Gasteiger partial charge in [-0.3, -0.25) is 0 Å². The molecule has 0 heterocycles. The molecule has 0 aliphatic carbocycles. The number of hydrogen-bond donors (Lipinski definition) is 2. The fourth-order valence-corrected chi connectivity index (χ4v) is 2.00. The zero-order chi connectivity index (χ0) is 14.4. The Balaban J connectivity index is 0.00000220. The van der Waals surface area contributed by atoms with E-state index in [2.05, 4.69) is 29.4 Å². The smallest absolute Gasteiger partial charge is 0.193 e. The molecule has 2 aromatic rings. The summed E-state index contributed by atoms with van der Waals surface area (Å²) in [5, 5.41) is 3.77. The molecular weight excluding hydrogens is 397 g/mol. The third-order valence-electron chi connectivity index (χ3n) is 3.01. The van der Waals surface area contributed by atoms with Gasteiger partial charge >= 0.3 is 0 Å². The number of guanidine groups is 1. The molecule has 0 aliphatic rings. The summed E-state index contributed by atoms with van der Waals surface area (Å²) in [6, 6.07) is 15.8. The first-order valence-electron chi connectivity index (χ1n) is 6.58. The van der Waals surface area contributed by atoms with Crippen LogP contribution in [0.15, 0.2) is 53.5 Å². The van der Waals surface area contributed by atoms with E-state index in [9.17, 15) is 0 Å². The first kappa shape index (κ1) is 17.8. The Morgan fingerprint density at radius 3 is 2.43 bits per heavy atom. The van der Waals surface area contributed by atoms with Crippen molar-refractivity contribution in [1.82, 2.24) is 0 Å². The normalized spacial score (nSPS) is 10.9. The molecule has 21 heavy (non-hydrogen) atoms. The molecule has 0 radical (unpaired) electrons. The topological polar surface area (TPSA) is 50.4 Å². The molecule has 0 unspecified atom stereocenters. The van der Waals surface area contributed by atoms with Gasteiger partial charge in [0.1, 0.15) is 0 Å². The van der Waals surface area contributed by atoms with Crippen molar-refractivity contribution in [2.45, 2.75) is 19.9 Å². The second-order valence-electron chi connectivity index (χ2n) is 4.47. The predicted octanol–water partition coefficient (Wildman–Crippen LogP) is 4.45. The number of nitrogens with one attached hydrogen (secondary N) is 1. The molecular formula is C16H19ClIN3. The lowest BCUT2D eigenvalue weighted by Gasteiger charge is -2.07. The van der Waals surface area contributed by atoms with E-state index in [1.165, 1.54) is 5.56 Å². The summed E-state index contributed by atoms with van der Waals surface area (Å²) in [5.74, 6) is 0.383. The standard InChI is InChI=1S/C16H18ClN3.HI/c1-2-12-7-9-14(10-8-12)20-16(18)19-11-13-5-3-4-6-15(13)17;/h3-10H,2,11H2,1H3,(H3,18,19,20);1H. The first-order chi connectivity index (χ1) is 9.69. The lowest BCUT2D eigenvalue weighted by atomic mass is 10.1. The van der Waals surface area contributed by atoms with Gasteiger partial charge < -0.3 is 11.1 Å². The lowest BCUT2D eigenvalue weighted by molar-refractivity contribution is 1.06. The fourth-order valence-electron chi connectivity index (χ4n) is 1.81. The second-order valence-corrected chi connectivity index (χ2v) is 4.88. The van der Waals surface area contributed by atoms with E-state index in [1.807, 2.05) is 36.4 Å². The van der Waals surface area contributed by atoms with Crippen LogP contribution < -0.4 is 11.1 Å². The highest BCUT2D eigenvalue weighted by Gasteiger charge is 1.99. The van der Waals surface area contributed by atoms with Gasteiger partial charge in [0.15, 0.2) is 5.96 Å². The minimum Gasteiger partial charge on any atom is -0.370 e. The number of nitrogens with two attached hydrogens (primary N) is 1. The van der Waals surface area contributed by atoms with Crippen molar-refractivity contribution < 1.29 is 0 Å². The largest absolute Gasteiger partial charge is 0.370 e. The van der Waals surface area contributed by atoms with Crippen molar-refractivity contribution in [3.63, 3.8) is 0 Å². The maximum atomic E-state index is 6.07. The third-order valence-corrected chi connectivity index (χ3v) is 3.38. The molecule has 0 aromatic heterocycles. The SMILES string of the molecule is CCc1ccc(NC(N)=NCc2ccccc2Cl)cc1.I. The number of hydrogen-bond acceptors (Lipinski definition) is 1. The van der Waals surface area contributed by atoms with Gasteiger partial charge in [0.05, 0.1) is 6.54 Å². The Morgan fingerprint density at radius 1 is 1.14 bits per heavy atom. The monoisotopic (exact) mass is 415 g/mol. The summed E-state index contributed by atoms with van der Waals surface area (Å²) in [4.78, 5) is 4.29. The molecule has 0 saturated heterocycles. The van der Waals surface area contributed by atoms with Gasteiger partial charge in [-0.2, -0.15) is 0 Å². The molecule has 3 nitrogen and oxygen atoms in total. The van der Waals surface area contributed by atoms with Gasteiger partial charge in [0.25, 0.3) is 0 Å². The van der Waals surface area contributed by atoms with E-state index in [0.717, 1.165) is 17.7 Å². The molecule has 5 heteroatoms. The van der Waals surface area contributed by atoms with E-state index in [1.54, 1.807) is 0 Å². The number of rotatable bonds is 4. The minimum absolute atomic E-state index is 0. The highest BCUT2D eigenvalue weighted by Crippen LogP contribution is 2.15. The van der Waals surface area contributed by atoms with Crippen LogP contribution in [-0.4, -0.2) is 5.96 Å². The van der Waals surface area contributed by atoms with E-state index >= 15 is 0 Å². The summed E-state index contributed by atoms with van der Waals surface area (Å²) >= 11 is 6.07. The number of halogens is 2. The third kappa shape index (κ3) is 5.55. The Labute approximate surface area is 147 Å². The van der Waals surface area contributed by atoms with Gasteiger partial charge in [0, 0.05) is 10.7 Å². The van der Waals surface area contributed by atoms with Crippen LogP contribution in [0, 0.1) is 0 Å². The van der Waals surface area contributed by atoms with Crippen molar-refractivity contribution in [3.8, 4) is 0 Å². The van der Waals surface area contributed by atoms with E-state index in [0.29, 0.717) is 17.5 Å². The maximum Gasteiger partial charge on any atom is 0.193 e. The van der Waals surface area contributed by atoms with Gasteiger partial charge in [-0.15, -0.1) is 24.0 Å². The average Bonchev–Trinajstić information content (AvgIpc) is 2.47. The van der Waals surface area contributed by atoms with E-state index < -0.39 is 0 Å². The molecule has 0 atom stereocenters. The highest BCUT2D eigenvalue weighted by molar-refractivity contribution is 14.0. The predicted molar refractivity (Wildman–Crippen MR) is 102 cm³/mol. The molecule has 2 rings (SSSR count). The molecule has 112 valence electrons. The van der Waals surface area contributed by atoms with Gasteiger partial charge in [-0.05, 0) is 35.7 Å². The van der Waals surface area contributed by atoms with Crippen molar-refractivity contribution in [2.75, 3.05) is 5.32 Å². The Hall–Kier alpha value is -1.27. The molecule has 0 spiro atoms. The van der Waals surface area contributed by atoms with Crippen LogP contribution >= 0.6 is 35.6 Å². The van der Waals surface area contributed by atoms with Gasteiger partial charge in [-0.25, -0.2) is 4.99 Å². The van der Waals surface area contributed by atoms with E-state index in [-0.39, 0.29) is 24.0 Å². The van der Waals surface area contributed by atoms with E-state index in [4.69, 9.17) is 17.3 Å². The van der Waals surface area contributed by atoms with Crippen molar-refractivity contribution in [1.29, 1.82) is 0 Å². The van der Waals surface area contributed by atoms with Crippen LogP contribution in [-0.2, 0) is 13.0 Å². The Bertz CT molecular complexity index is 597. The van der Waals surface area contributed by atoms with Crippen molar-refractivity contribution >= 4 is 47.2 Å². The van der Waals surface area contributed by atoms with Crippen LogP contribution in [0.4, 0.5) is 5.69 Å². The Kier molecular flexibility index (Phi) is 7.53. The maximum absolute atomic E-state index is 6.07. The van der Waals surface area contributed by atoms with Crippen LogP contribution in [0.3, 0.4) is 0 Å². The molecule has 0 amide bonds. The minimum atomic E-state index is 0. The van der Waals surface area contributed by atoms with Gasteiger partial charge in [-0.1, -0.05) is 48.9 Å². The molecule has 0 saturated carbocycles. The van der Waals surface area contributed by atoms with Crippen molar-refractivity contribution in [2.24, 2.45) is 10.7 Å². The van der Waals surface area contributed by atoms with Gasteiger partial charge in [0.2, 0.25) is 0 Å². The fraction of sp³-hybridized carbons (Fsp3) is 0.188. The number of benzene rings is 2. The average molecular weight is 416 g/mol. The molecule has 0 aliphatic heterocycles. The summed E-state index contributed by atoms with van der Waals surface area (Å²) in [6.07, 6.45) is 1.02. The zero-order valence-corrected chi connectivity index (χ0v) is 14.9. The highest BCUT2D eigenvalue weighted by atomic mass is 127. The number of anilines is 1. The second kappa shape index (κ2) is 8.89. The molecule has 2 aromatic carbocycles. The van der Waals surface area contributed by atoms with Crippen LogP contribution in [0.1, 0.15) is 18.1 Å². The summed E-state index contributed by atoms with van der Waals surface area (Å²) in [7, 11) is 0. The molecule has 0 fully saturated rings. The Morgan fingerprint density at radius 2 is 1.81 bits per heavy atom. The van der Waals surface area contributed by atoms with Crippen LogP contribution in [0.2, 0.25) is 5.02 Å². The van der Waals surface area contributed by atoms with Crippen LogP contribution in [0.5, 0.6) is 0 Å².